The van der Waals surface area contributed by atoms with E-state index in [1.165, 1.54) is 19.2 Å². The number of rotatable bonds is 3. The number of methoxy groups -OCH3 is 1. The van der Waals surface area contributed by atoms with Gasteiger partial charge in [0, 0.05) is 6.54 Å². The normalized spacial score (nSPS) is 18.2. The first kappa shape index (κ1) is 15.3. The summed E-state index contributed by atoms with van der Waals surface area (Å²) in [4.78, 5) is 24.9. The molecule has 21 heavy (non-hydrogen) atoms. The van der Waals surface area contributed by atoms with E-state index in [1.54, 1.807) is 11.0 Å². The number of amides is 2. The minimum Gasteiger partial charge on any atom is -0.468 e. The SMILES string of the molecule is COC(=O)CNC(=O)N1CCCC[C@@H]1c1cccc(F)c1. The van der Waals surface area contributed by atoms with Gasteiger partial charge in [-0.2, -0.15) is 0 Å². The molecule has 1 fully saturated rings. The first-order valence-electron chi connectivity index (χ1n) is 6.98. The molecule has 0 unspecified atom stereocenters. The molecule has 5 nitrogen and oxygen atoms in total. The van der Waals surface area contributed by atoms with Crippen LogP contribution >= 0.6 is 0 Å². The van der Waals surface area contributed by atoms with Crippen LogP contribution in [-0.2, 0) is 9.53 Å². The zero-order valence-electron chi connectivity index (χ0n) is 12.0. The molecule has 1 aromatic carbocycles. The molecule has 1 atom stereocenters. The molecule has 2 rings (SSSR count). The molecule has 1 N–H and O–H groups in total. The largest absolute Gasteiger partial charge is 0.468 e. The zero-order valence-corrected chi connectivity index (χ0v) is 12.0. The van der Waals surface area contributed by atoms with Gasteiger partial charge in [0.2, 0.25) is 0 Å². The number of nitrogens with zero attached hydrogens (tertiary/aromatic N) is 1. The van der Waals surface area contributed by atoms with Gasteiger partial charge in [-0.1, -0.05) is 12.1 Å². The highest BCUT2D eigenvalue weighted by atomic mass is 19.1. The monoisotopic (exact) mass is 294 g/mol. The number of piperidine rings is 1. The van der Waals surface area contributed by atoms with Crippen molar-refractivity contribution in [3.63, 3.8) is 0 Å². The van der Waals surface area contributed by atoms with Crippen molar-refractivity contribution in [3.05, 3.63) is 35.6 Å². The average Bonchev–Trinajstić information content (AvgIpc) is 2.52. The minimum absolute atomic E-state index is 0.160. The smallest absolute Gasteiger partial charge is 0.325 e. The third kappa shape index (κ3) is 3.93. The lowest BCUT2D eigenvalue weighted by molar-refractivity contribution is -0.139. The van der Waals surface area contributed by atoms with Gasteiger partial charge >= 0.3 is 12.0 Å². The molecule has 0 saturated carbocycles. The van der Waals surface area contributed by atoms with Gasteiger partial charge < -0.3 is 15.0 Å². The van der Waals surface area contributed by atoms with E-state index in [2.05, 4.69) is 10.1 Å². The van der Waals surface area contributed by atoms with Crippen LogP contribution in [0.2, 0.25) is 0 Å². The van der Waals surface area contributed by atoms with Crippen molar-refractivity contribution in [1.29, 1.82) is 0 Å². The number of carbonyl (C=O) groups excluding carboxylic acids is 2. The van der Waals surface area contributed by atoms with Gasteiger partial charge in [-0.15, -0.1) is 0 Å². The van der Waals surface area contributed by atoms with E-state index in [-0.39, 0.29) is 24.4 Å². The van der Waals surface area contributed by atoms with Crippen LogP contribution in [-0.4, -0.2) is 37.1 Å². The summed E-state index contributed by atoms with van der Waals surface area (Å²) < 4.78 is 17.9. The lowest BCUT2D eigenvalue weighted by Crippen LogP contribution is -2.46. The molecular formula is C15H19FN2O3. The molecule has 6 heteroatoms. The standard InChI is InChI=1S/C15H19FN2O3/c1-21-14(19)10-17-15(20)18-8-3-2-7-13(18)11-5-4-6-12(16)9-11/h4-6,9,13H,2-3,7-8,10H2,1H3,(H,17,20)/t13-/m1/s1. The number of urea groups is 1. The number of halogens is 1. The predicted molar refractivity (Wildman–Crippen MR) is 75.1 cm³/mol. The van der Waals surface area contributed by atoms with E-state index in [0.29, 0.717) is 6.54 Å². The number of hydrogen-bond donors (Lipinski definition) is 1. The van der Waals surface area contributed by atoms with Crippen molar-refractivity contribution < 1.29 is 18.7 Å². The molecule has 0 bridgehead atoms. The van der Waals surface area contributed by atoms with Gasteiger partial charge in [0.25, 0.3) is 0 Å². The van der Waals surface area contributed by atoms with Crippen molar-refractivity contribution in [1.82, 2.24) is 10.2 Å². The summed E-state index contributed by atoms with van der Waals surface area (Å²) in [5.41, 5.74) is 0.780. The highest BCUT2D eigenvalue weighted by Crippen LogP contribution is 2.31. The number of esters is 1. The molecular weight excluding hydrogens is 275 g/mol. The second kappa shape index (κ2) is 7.06. The zero-order chi connectivity index (χ0) is 15.2. The van der Waals surface area contributed by atoms with Crippen LogP contribution in [0.4, 0.5) is 9.18 Å². The van der Waals surface area contributed by atoms with Gasteiger partial charge in [-0.05, 0) is 37.0 Å². The van der Waals surface area contributed by atoms with Crippen LogP contribution in [0.1, 0.15) is 30.9 Å². The highest BCUT2D eigenvalue weighted by Gasteiger charge is 2.28. The number of likely N-dealkylation sites (tertiary alicyclic amines) is 1. The predicted octanol–water partition coefficient (Wildman–Crippen LogP) is 2.24. The first-order valence-corrected chi connectivity index (χ1v) is 6.98. The Bertz CT molecular complexity index is 521. The van der Waals surface area contributed by atoms with Crippen LogP contribution in [0.5, 0.6) is 0 Å². The van der Waals surface area contributed by atoms with E-state index < -0.39 is 5.97 Å². The maximum atomic E-state index is 13.4. The summed E-state index contributed by atoms with van der Waals surface area (Å²) in [5, 5.41) is 2.54. The number of nitrogens with one attached hydrogen (secondary N) is 1. The highest BCUT2D eigenvalue weighted by molar-refractivity contribution is 5.81. The van der Waals surface area contributed by atoms with Crippen LogP contribution in [0.15, 0.2) is 24.3 Å². The third-order valence-electron chi connectivity index (χ3n) is 3.61. The first-order chi connectivity index (χ1) is 10.1. The number of carbonyl (C=O) groups is 2. The molecule has 1 aromatic rings. The molecule has 2 amide bonds. The summed E-state index contributed by atoms with van der Waals surface area (Å²) in [6.45, 7) is 0.426. The Hall–Kier alpha value is -2.11. The summed E-state index contributed by atoms with van der Waals surface area (Å²) in [7, 11) is 1.27. The lowest BCUT2D eigenvalue weighted by atomic mass is 9.95. The fourth-order valence-electron chi connectivity index (χ4n) is 2.56. The summed E-state index contributed by atoms with van der Waals surface area (Å²) in [6, 6.07) is 5.81. The summed E-state index contributed by atoms with van der Waals surface area (Å²) in [6.07, 6.45) is 2.68. The van der Waals surface area contributed by atoms with E-state index >= 15 is 0 Å². The number of hydrogen-bond acceptors (Lipinski definition) is 3. The number of ether oxygens (including phenoxy) is 1. The molecule has 1 aliphatic heterocycles. The quantitative estimate of drug-likeness (QED) is 0.870. The molecule has 1 aliphatic rings. The summed E-state index contributed by atoms with van der Waals surface area (Å²) >= 11 is 0. The van der Waals surface area contributed by atoms with Crippen LogP contribution in [0.3, 0.4) is 0 Å². The second-order valence-corrected chi connectivity index (χ2v) is 4.99. The molecule has 0 radical (unpaired) electrons. The average molecular weight is 294 g/mol. The Morgan fingerprint density at radius 1 is 1.43 bits per heavy atom. The van der Waals surface area contributed by atoms with E-state index in [4.69, 9.17) is 0 Å². The lowest BCUT2D eigenvalue weighted by Gasteiger charge is -2.36. The molecule has 1 heterocycles. The van der Waals surface area contributed by atoms with E-state index in [9.17, 15) is 14.0 Å². The molecule has 1 saturated heterocycles. The van der Waals surface area contributed by atoms with Gasteiger partial charge in [-0.25, -0.2) is 9.18 Å². The van der Waals surface area contributed by atoms with E-state index in [0.717, 1.165) is 24.8 Å². The maximum absolute atomic E-state index is 13.4. The Morgan fingerprint density at radius 3 is 2.95 bits per heavy atom. The molecule has 114 valence electrons. The molecule has 0 spiro atoms. The van der Waals surface area contributed by atoms with Crippen molar-refractivity contribution in [2.45, 2.75) is 25.3 Å². The third-order valence-corrected chi connectivity index (χ3v) is 3.61. The fourth-order valence-corrected chi connectivity index (χ4v) is 2.56. The topological polar surface area (TPSA) is 58.6 Å². The van der Waals surface area contributed by atoms with Crippen molar-refractivity contribution in [2.24, 2.45) is 0 Å². The van der Waals surface area contributed by atoms with Crippen LogP contribution in [0, 0.1) is 5.82 Å². The van der Waals surface area contributed by atoms with Crippen molar-refractivity contribution in [3.8, 4) is 0 Å². The van der Waals surface area contributed by atoms with E-state index in [1.807, 2.05) is 6.07 Å². The number of benzene rings is 1. The van der Waals surface area contributed by atoms with Crippen LogP contribution in [0.25, 0.3) is 0 Å². The minimum atomic E-state index is -0.498. The van der Waals surface area contributed by atoms with Gasteiger partial charge in [-0.3, -0.25) is 4.79 Å². The fraction of sp³-hybridized carbons (Fsp3) is 0.467. The molecule has 0 aromatic heterocycles. The van der Waals surface area contributed by atoms with Gasteiger partial charge in [0.1, 0.15) is 12.4 Å². The van der Waals surface area contributed by atoms with Crippen LogP contribution < -0.4 is 5.32 Å². The Labute approximate surface area is 123 Å². The Balaban J connectivity index is 2.08. The van der Waals surface area contributed by atoms with Gasteiger partial charge in [0.05, 0.1) is 13.2 Å². The second-order valence-electron chi connectivity index (χ2n) is 4.99. The van der Waals surface area contributed by atoms with Crippen molar-refractivity contribution in [2.75, 3.05) is 20.2 Å². The van der Waals surface area contributed by atoms with Crippen molar-refractivity contribution >= 4 is 12.0 Å². The van der Waals surface area contributed by atoms with Gasteiger partial charge in [0.15, 0.2) is 0 Å². The summed E-state index contributed by atoms with van der Waals surface area (Å²) in [5.74, 6) is -0.810. The maximum Gasteiger partial charge on any atom is 0.325 e. The Morgan fingerprint density at radius 2 is 2.24 bits per heavy atom. The molecule has 0 aliphatic carbocycles. The Kier molecular flexibility index (Phi) is 5.14.